The first-order valence-electron chi connectivity index (χ1n) is 9.30. The van der Waals surface area contributed by atoms with Gasteiger partial charge in [0.1, 0.15) is 12.1 Å². The number of urea groups is 1. The van der Waals surface area contributed by atoms with E-state index >= 15 is 0 Å². The molecule has 1 aromatic rings. The highest BCUT2D eigenvalue weighted by molar-refractivity contribution is 5.75. The summed E-state index contributed by atoms with van der Waals surface area (Å²) in [6.07, 6.45) is 8.01. The first kappa shape index (κ1) is 17.0. The number of amides is 2. The highest BCUT2D eigenvalue weighted by atomic mass is 16.2. The van der Waals surface area contributed by atoms with Crippen LogP contribution in [0.1, 0.15) is 51.6 Å². The van der Waals surface area contributed by atoms with Crippen molar-refractivity contribution in [2.45, 2.75) is 64.5 Å². The van der Waals surface area contributed by atoms with Crippen LogP contribution in [-0.2, 0) is 6.42 Å². The quantitative estimate of drug-likeness (QED) is 0.925. The van der Waals surface area contributed by atoms with Crippen LogP contribution in [0.2, 0.25) is 0 Å². The van der Waals surface area contributed by atoms with E-state index in [1.807, 2.05) is 4.90 Å². The first-order chi connectivity index (χ1) is 11.7. The average Bonchev–Trinajstić information content (AvgIpc) is 2.62. The average molecular weight is 331 g/mol. The maximum atomic E-state index is 12.5. The molecule has 2 fully saturated rings. The van der Waals surface area contributed by atoms with Crippen LogP contribution in [-0.4, -0.2) is 52.6 Å². The summed E-state index contributed by atoms with van der Waals surface area (Å²) in [5.41, 5.74) is 1.08. The van der Waals surface area contributed by atoms with Crippen LogP contribution in [0.3, 0.4) is 0 Å². The summed E-state index contributed by atoms with van der Waals surface area (Å²) >= 11 is 0. The van der Waals surface area contributed by atoms with E-state index in [1.54, 1.807) is 6.33 Å². The number of carbonyl (C=O) groups excluding carboxylic acids is 1. The Hall–Kier alpha value is -1.85. The van der Waals surface area contributed by atoms with E-state index in [0.29, 0.717) is 6.04 Å². The molecule has 0 spiro atoms. The molecule has 2 amide bonds. The highest BCUT2D eigenvalue weighted by Crippen LogP contribution is 2.20. The Morgan fingerprint density at radius 1 is 1.21 bits per heavy atom. The van der Waals surface area contributed by atoms with Crippen LogP contribution >= 0.6 is 0 Å². The molecule has 0 radical (unpaired) electrons. The Labute approximate surface area is 144 Å². The predicted octanol–water partition coefficient (Wildman–Crippen LogP) is 2.59. The molecular formula is C18H29N5O. The second-order valence-corrected chi connectivity index (χ2v) is 6.97. The standard InChI is InChI=1S/C18H29N5O/c1-3-15-12-17(20-13-19-15)22-10-7-16(8-11-22)21-18(24)23-9-5-4-6-14(23)2/h12-14,16H,3-11H2,1-2H3,(H,21,24). The van der Waals surface area contributed by atoms with Gasteiger partial charge < -0.3 is 15.1 Å². The minimum atomic E-state index is 0.121. The SMILES string of the molecule is CCc1cc(N2CCC(NC(=O)N3CCCCC3C)CC2)ncn1. The summed E-state index contributed by atoms with van der Waals surface area (Å²) in [7, 11) is 0. The zero-order chi connectivity index (χ0) is 16.9. The lowest BCUT2D eigenvalue weighted by atomic mass is 10.0. The summed E-state index contributed by atoms with van der Waals surface area (Å²) in [5, 5.41) is 3.24. The number of aromatic nitrogens is 2. The van der Waals surface area contributed by atoms with Gasteiger partial charge in [0, 0.05) is 43.5 Å². The maximum absolute atomic E-state index is 12.5. The van der Waals surface area contributed by atoms with Gasteiger partial charge in [-0.3, -0.25) is 0 Å². The summed E-state index contributed by atoms with van der Waals surface area (Å²) in [5.74, 6) is 1.01. The van der Waals surface area contributed by atoms with Crippen molar-refractivity contribution in [3.63, 3.8) is 0 Å². The molecule has 3 heterocycles. The third kappa shape index (κ3) is 3.97. The van der Waals surface area contributed by atoms with E-state index in [2.05, 4.69) is 40.1 Å². The number of anilines is 1. The number of hydrogen-bond acceptors (Lipinski definition) is 4. The number of aryl methyl sites for hydroxylation is 1. The Bertz CT molecular complexity index is 556. The number of carbonyl (C=O) groups is 1. The fourth-order valence-electron chi connectivity index (χ4n) is 3.66. The molecule has 1 aromatic heterocycles. The molecule has 1 atom stereocenters. The molecule has 6 heteroatoms. The predicted molar refractivity (Wildman–Crippen MR) is 95.2 cm³/mol. The Balaban J connectivity index is 1.50. The molecule has 0 aromatic carbocycles. The number of piperidine rings is 2. The van der Waals surface area contributed by atoms with Gasteiger partial charge in [0.15, 0.2) is 0 Å². The van der Waals surface area contributed by atoms with Gasteiger partial charge in [0.25, 0.3) is 0 Å². The van der Waals surface area contributed by atoms with Gasteiger partial charge in [-0.1, -0.05) is 6.92 Å². The number of nitrogens with zero attached hydrogens (tertiary/aromatic N) is 4. The molecule has 3 rings (SSSR count). The monoisotopic (exact) mass is 331 g/mol. The molecule has 2 saturated heterocycles. The maximum Gasteiger partial charge on any atom is 0.317 e. The minimum absolute atomic E-state index is 0.121. The Morgan fingerprint density at radius 3 is 2.71 bits per heavy atom. The first-order valence-corrected chi connectivity index (χ1v) is 9.30. The Kier molecular flexibility index (Phi) is 5.53. The molecular weight excluding hydrogens is 302 g/mol. The van der Waals surface area contributed by atoms with E-state index in [0.717, 1.165) is 63.3 Å². The topological polar surface area (TPSA) is 61.4 Å². The third-order valence-corrected chi connectivity index (χ3v) is 5.28. The van der Waals surface area contributed by atoms with Crippen LogP contribution in [0.4, 0.5) is 10.6 Å². The molecule has 2 aliphatic rings. The minimum Gasteiger partial charge on any atom is -0.356 e. The lowest BCUT2D eigenvalue weighted by molar-refractivity contribution is 0.153. The van der Waals surface area contributed by atoms with E-state index in [1.165, 1.54) is 6.42 Å². The van der Waals surface area contributed by atoms with Crippen molar-refractivity contribution in [3.8, 4) is 0 Å². The van der Waals surface area contributed by atoms with E-state index in [-0.39, 0.29) is 12.1 Å². The molecule has 2 aliphatic heterocycles. The fraction of sp³-hybridized carbons (Fsp3) is 0.722. The smallest absolute Gasteiger partial charge is 0.317 e. The molecule has 0 saturated carbocycles. The zero-order valence-corrected chi connectivity index (χ0v) is 14.9. The summed E-state index contributed by atoms with van der Waals surface area (Å²) in [6.45, 7) is 7.02. The lowest BCUT2D eigenvalue weighted by Crippen LogP contribution is -2.52. The van der Waals surface area contributed by atoms with Crippen molar-refractivity contribution in [1.29, 1.82) is 0 Å². The normalized spacial score (nSPS) is 22.5. The molecule has 0 bridgehead atoms. The highest BCUT2D eigenvalue weighted by Gasteiger charge is 2.27. The second-order valence-electron chi connectivity index (χ2n) is 6.97. The fourth-order valence-corrected chi connectivity index (χ4v) is 3.66. The number of likely N-dealkylation sites (tertiary alicyclic amines) is 1. The largest absolute Gasteiger partial charge is 0.356 e. The zero-order valence-electron chi connectivity index (χ0n) is 14.9. The van der Waals surface area contributed by atoms with Crippen LogP contribution < -0.4 is 10.2 Å². The van der Waals surface area contributed by atoms with Crippen molar-refractivity contribution in [2.75, 3.05) is 24.5 Å². The van der Waals surface area contributed by atoms with Crippen molar-refractivity contribution < 1.29 is 4.79 Å². The van der Waals surface area contributed by atoms with Gasteiger partial charge in [0.05, 0.1) is 0 Å². The molecule has 24 heavy (non-hydrogen) atoms. The number of rotatable bonds is 3. The number of nitrogens with one attached hydrogen (secondary N) is 1. The molecule has 1 unspecified atom stereocenters. The van der Waals surface area contributed by atoms with Crippen molar-refractivity contribution in [1.82, 2.24) is 20.2 Å². The molecule has 6 nitrogen and oxygen atoms in total. The van der Waals surface area contributed by atoms with E-state index in [4.69, 9.17) is 0 Å². The summed E-state index contributed by atoms with van der Waals surface area (Å²) < 4.78 is 0. The van der Waals surface area contributed by atoms with E-state index in [9.17, 15) is 4.79 Å². The Morgan fingerprint density at radius 2 is 2.00 bits per heavy atom. The lowest BCUT2D eigenvalue weighted by Gasteiger charge is -2.37. The number of hydrogen-bond donors (Lipinski definition) is 1. The van der Waals surface area contributed by atoms with Crippen LogP contribution in [0.15, 0.2) is 12.4 Å². The second kappa shape index (κ2) is 7.81. The van der Waals surface area contributed by atoms with Gasteiger partial charge in [-0.05, 0) is 45.4 Å². The van der Waals surface area contributed by atoms with Crippen molar-refractivity contribution >= 4 is 11.8 Å². The summed E-state index contributed by atoms with van der Waals surface area (Å²) in [6, 6.07) is 2.84. The van der Waals surface area contributed by atoms with Crippen molar-refractivity contribution in [2.24, 2.45) is 0 Å². The van der Waals surface area contributed by atoms with Crippen LogP contribution in [0, 0.1) is 0 Å². The molecule has 0 aliphatic carbocycles. The van der Waals surface area contributed by atoms with E-state index < -0.39 is 0 Å². The van der Waals surface area contributed by atoms with Gasteiger partial charge >= 0.3 is 6.03 Å². The van der Waals surface area contributed by atoms with Crippen molar-refractivity contribution in [3.05, 3.63) is 18.1 Å². The van der Waals surface area contributed by atoms with Crippen LogP contribution in [0.25, 0.3) is 0 Å². The van der Waals surface area contributed by atoms with Gasteiger partial charge in [-0.2, -0.15) is 0 Å². The van der Waals surface area contributed by atoms with Gasteiger partial charge in [0.2, 0.25) is 0 Å². The summed E-state index contributed by atoms with van der Waals surface area (Å²) in [4.78, 5) is 25.5. The van der Waals surface area contributed by atoms with Gasteiger partial charge in [-0.25, -0.2) is 14.8 Å². The third-order valence-electron chi connectivity index (χ3n) is 5.28. The van der Waals surface area contributed by atoms with Gasteiger partial charge in [-0.15, -0.1) is 0 Å². The molecule has 1 N–H and O–H groups in total. The van der Waals surface area contributed by atoms with Crippen LogP contribution in [0.5, 0.6) is 0 Å². The molecule has 132 valence electrons.